The first-order valence-corrected chi connectivity index (χ1v) is 5.82. The van der Waals surface area contributed by atoms with Crippen LogP contribution in [0, 0.1) is 5.82 Å². The third kappa shape index (κ3) is 1.58. The first kappa shape index (κ1) is 11.9. The smallest absolute Gasteiger partial charge is 0.314 e. The quantitative estimate of drug-likeness (QED) is 0.494. The molecular weight excluding hydrogens is 253 g/mol. The second-order valence-electron chi connectivity index (χ2n) is 4.50. The van der Waals surface area contributed by atoms with E-state index in [9.17, 15) is 14.0 Å². The van der Waals surface area contributed by atoms with Crippen LogP contribution in [0.25, 0.3) is 0 Å². The topological polar surface area (TPSA) is 79.5 Å². The van der Waals surface area contributed by atoms with Crippen molar-refractivity contribution in [1.29, 1.82) is 0 Å². The van der Waals surface area contributed by atoms with E-state index in [1.807, 2.05) is 0 Å². The monoisotopic (exact) mass is 265 g/mol. The highest BCUT2D eigenvalue weighted by Gasteiger charge is 2.51. The minimum atomic E-state index is -1.24. The summed E-state index contributed by atoms with van der Waals surface area (Å²) in [4.78, 5) is 23.8. The van der Waals surface area contributed by atoms with Crippen molar-refractivity contribution >= 4 is 17.6 Å². The van der Waals surface area contributed by atoms with E-state index < -0.39 is 17.3 Å². The zero-order valence-electron chi connectivity index (χ0n) is 10.2. The highest BCUT2D eigenvalue weighted by atomic mass is 19.1. The zero-order chi connectivity index (χ0) is 13.6. The molecule has 3 rings (SSSR count). The van der Waals surface area contributed by atoms with Crippen molar-refractivity contribution in [3.8, 4) is 5.75 Å². The number of anilines is 1. The summed E-state index contributed by atoms with van der Waals surface area (Å²) in [6, 6.07) is 2.44. The lowest BCUT2D eigenvalue weighted by Crippen LogP contribution is -2.48. The lowest BCUT2D eigenvalue weighted by Gasteiger charge is -2.32. The molecule has 6 nitrogen and oxygen atoms in total. The van der Waals surface area contributed by atoms with Crippen molar-refractivity contribution in [2.45, 2.75) is 12.0 Å². The zero-order valence-corrected chi connectivity index (χ0v) is 10.2. The number of hydrogen-bond donors (Lipinski definition) is 3. The molecule has 3 N–H and O–H groups in total. The molecule has 2 aliphatic rings. The van der Waals surface area contributed by atoms with Crippen molar-refractivity contribution in [2.75, 3.05) is 19.0 Å². The molecule has 100 valence electrons. The van der Waals surface area contributed by atoms with Gasteiger partial charge in [0.15, 0.2) is 5.75 Å². The van der Waals surface area contributed by atoms with E-state index in [1.54, 1.807) is 7.05 Å². The average molecular weight is 265 g/mol. The van der Waals surface area contributed by atoms with E-state index >= 15 is 0 Å². The van der Waals surface area contributed by atoms with Gasteiger partial charge in [-0.15, -0.1) is 0 Å². The molecule has 2 heterocycles. The average Bonchev–Trinajstić information content (AvgIpc) is 2.72. The van der Waals surface area contributed by atoms with Gasteiger partial charge in [0.25, 0.3) is 0 Å². The molecule has 2 aliphatic heterocycles. The number of halogens is 1. The van der Waals surface area contributed by atoms with Gasteiger partial charge in [-0.2, -0.15) is 0 Å². The van der Waals surface area contributed by atoms with Crippen molar-refractivity contribution in [1.82, 2.24) is 10.6 Å². The summed E-state index contributed by atoms with van der Waals surface area (Å²) in [5.41, 5.74) is -0.561. The molecule has 19 heavy (non-hydrogen) atoms. The van der Waals surface area contributed by atoms with Crippen molar-refractivity contribution in [3.05, 3.63) is 23.5 Å². The van der Waals surface area contributed by atoms with Gasteiger partial charge in [0.2, 0.25) is 5.91 Å². The highest BCUT2D eigenvalue weighted by Crippen LogP contribution is 2.43. The Bertz CT molecular complexity index is 590. The molecule has 0 saturated carbocycles. The van der Waals surface area contributed by atoms with Gasteiger partial charge in [-0.1, -0.05) is 0 Å². The van der Waals surface area contributed by atoms with Crippen molar-refractivity contribution in [2.24, 2.45) is 0 Å². The van der Waals surface area contributed by atoms with Crippen LogP contribution >= 0.6 is 0 Å². The van der Waals surface area contributed by atoms with Gasteiger partial charge < -0.3 is 15.4 Å². The molecule has 0 radical (unpaired) electrons. The second-order valence-corrected chi connectivity index (χ2v) is 4.50. The molecule has 1 fully saturated rings. The Kier molecular flexibility index (Phi) is 2.46. The van der Waals surface area contributed by atoms with E-state index in [2.05, 4.69) is 16.0 Å². The molecule has 7 heteroatoms. The standard InChI is InChI=1S/C12H12FN3O3/c1-14-8-3-6(13)2-7-10(8)19-9(17)4-12(7)11(18)15-5-16-12/h2-3,14,16H,4-5H2,1H3,(H,15,18)/t12-/m0/s1. The number of fused-ring (bicyclic) bond motifs is 2. The molecular formula is C12H12FN3O3. The number of esters is 1. The fourth-order valence-corrected chi connectivity index (χ4v) is 2.53. The number of benzene rings is 1. The maximum absolute atomic E-state index is 13.7. The highest BCUT2D eigenvalue weighted by molar-refractivity contribution is 5.97. The lowest BCUT2D eigenvalue weighted by atomic mass is 9.84. The predicted molar refractivity (Wildman–Crippen MR) is 64.0 cm³/mol. The fourth-order valence-electron chi connectivity index (χ4n) is 2.53. The maximum atomic E-state index is 13.7. The van der Waals surface area contributed by atoms with E-state index in [0.717, 1.165) is 0 Å². The predicted octanol–water partition coefficient (Wildman–Crippen LogP) is 0.0487. The van der Waals surface area contributed by atoms with Gasteiger partial charge in [-0.05, 0) is 6.07 Å². The minimum absolute atomic E-state index is 0.154. The summed E-state index contributed by atoms with van der Waals surface area (Å²) in [5.74, 6) is -1.18. The van der Waals surface area contributed by atoms with Gasteiger partial charge in [-0.25, -0.2) is 4.39 Å². The van der Waals surface area contributed by atoms with E-state index in [1.165, 1.54) is 12.1 Å². The van der Waals surface area contributed by atoms with Crippen LogP contribution in [0.3, 0.4) is 0 Å². The van der Waals surface area contributed by atoms with Gasteiger partial charge >= 0.3 is 5.97 Å². The maximum Gasteiger partial charge on any atom is 0.314 e. The number of ether oxygens (including phenoxy) is 1. The van der Waals surface area contributed by atoms with Crippen LogP contribution in [0.1, 0.15) is 12.0 Å². The molecule has 1 aromatic carbocycles. The Labute approximate surface area is 108 Å². The van der Waals surface area contributed by atoms with Crippen molar-refractivity contribution in [3.63, 3.8) is 0 Å². The van der Waals surface area contributed by atoms with Crippen LogP contribution in [0.5, 0.6) is 5.75 Å². The third-order valence-electron chi connectivity index (χ3n) is 3.43. The number of hydrogen-bond acceptors (Lipinski definition) is 5. The van der Waals surface area contributed by atoms with Gasteiger partial charge in [0.05, 0.1) is 18.8 Å². The Morgan fingerprint density at radius 1 is 1.42 bits per heavy atom. The summed E-state index contributed by atoms with van der Waals surface area (Å²) in [5, 5.41) is 8.29. The van der Waals surface area contributed by atoms with Crippen LogP contribution in [0.2, 0.25) is 0 Å². The Morgan fingerprint density at radius 2 is 2.21 bits per heavy atom. The first-order valence-electron chi connectivity index (χ1n) is 5.82. The summed E-state index contributed by atoms with van der Waals surface area (Å²) in [6.45, 7) is 0.233. The SMILES string of the molecule is CNc1cc(F)cc2c1OC(=O)C[C@]21NCNC1=O. The Hall–Kier alpha value is -2.15. The molecule has 1 atom stereocenters. The lowest BCUT2D eigenvalue weighted by molar-refractivity contribution is -0.141. The van der Waals surface area contributed by atoms with Crippen LogP contribution in [0.4, 0.5) is 10.1 Å². The van der Waals surface area contributed by atoms with Gasteiger partial charge in [-0.3, -0.25) is 14.9 Å². The molecule has 0 aromatic heterocycles. The van der Waals surface area contributed by atoms with Crippen molar-refractivity contribution < 1.29 is 18.7 Å². The number of amides is 1. The largest absolute Gasteiger partial charge is 0.424 e. The fraction of sp³-hybridized carbons (Fsp3) is 0.333. The van der Waals surface area contributed by atoms with Crippen LogP contribution in [0.15, 0.2) is 12.1 Å². The number of carbonyl (C=O) groups excluding carboxylic acids is 2. The minimum Gasteiger partial charge on any atom is -0.424 e. The van der Waals surface area contributed by atoms with Crippen LogP contribution < -0.4 is 20.7 Å². The number of rotatable bonds is 1. The summed E-state index contributed by atoms with van der Waals surface area (Å²) < 4.78 is 18.8. The molecule has 0 aliphatic carbocycles. The number of carbonyl (C=O) groups is 2. The molecule has 0 bridgehead atoms. The Balaban J connectivity index is 2.26. The summed E-state index contributed by atoms with van der Waals surface area (Å²) >= 11 is 0. The molecule has 1 saturated heterocycles. The Morgan fingerprint density at radius 3 is 2.84 bits per heavy atom. The molecule has 1 aromatic rings. The summed E-state index contributed by atoms with van der Waals surface area (Å²) in [7, 11) is 1.59. The van der Waals surface area contributed by atoms with Gasteiger partial charge in [0.1, 0.15) is 11.4 Å². The van der Waals surface area contributed by atoms with E-state index in [0.29, 0.717) is 11.3 Å². The number of nitrogens with one attached hydrogen (secondary N) is 3. The van der Waals surface area contributed by atoms with Crippen LogP contribution in [-0.4, -0.2) is 25.6 Å². The van der Waals surface area contributed by atoms with Crippen LogP contribution in [-0.2, 0) is 15.1 Å². The van der Waals surface area contributed by atoms with E-state index in [4.69, 9.17) is 4.74 Å². The second kappa shape index (κ2) is 3.92. The molecule has 0 unspecified atom stereocenters. The molecule has 1 amide bonds. The third-order valence-corrected chi connectivity index (χ3v) is 3.43. The molecule has 1 spiro atoms. The summed E-state index contributed by atoms with van der Waals surface area (Å²) in [6.07, 6.45) is -0.154. The van der Waals surface area contributed by atoms with Gasteiger partial charge in [0, 0.05) is 18.7 Å². The van der Waals surface area contributed by atoms with E-state index in [-0.39, 0.29) is 24.7 Å². The normalized spacial score (nSPS) is 24.9. The first-order chi connectivity index (χ1) is 9.06.